The number of hydrogen-bond donors (Lipinski definition) is 2. The first-order valence-electron chi connectivity index (χ1n) is 10.2. The summed E-state index contributed by atoms with van der Waals surface area (Å²) in [6, 6.07) is 21.6. The number of nitro groups is 1. The van der Waals surface area contributed by atoms with E-state index in [1.807, 2.05) is 66.2 Å². The number of carbonyl (C=O) groups excluding carboxylic acids is 1. The number of nitrogens with zero attached hydrogens (tertiary/aromatic N) is 3. The van der Waals surface area contributed by atoms with Gasteiger partial charge in [-0.05, 0) is 29.3 Å². The van der Waals surface area contributed by atoms with E-state index in [9.17, 15) is 14.9 Å². The molecule has 162 valence electrons. The Morgan fingerprint density at radius 1 is 1.06 bits per heavy atom. The Morgan fingerprint density at radius 3 is 2.48 bits per heavy atom. The van der Waals surface area contributed by atoms with Crippen LogP contribution in [0.4, 0.5) is 17.1 Å². The van der Waals surface area contributed by atoms with E-state index in [2.05, 4.69) is 15.6 Å². The molecule has 1 aliphatic heterocycles. The number of hydrogen-bond acceptors (Lipinski definition) is 5. The van der Waals surface area contributed by atoms with Crippen molar-refractivity contribution in [3.8, 4) is 11.3 Å². The van der Waals surface area contributed by atoms with Crippen LogP contribution in [0.2, 0.25) is 0 Å². The van der Waals surface area contributed by atoms with E-state index in [4.69, 9.17) is 0 Å². The van der Waals surface area contributed by atoms with Crippen LogP contribution in [-0.4, -0.2) is 20.4 Å². The van der Waals surface area contributed by atoms with Gasteiger partial charge in [0.05, 0.1) is 34.4 Å². The fourth-order valence-corrected chi connectivity index (χ4v) is 3.90. The Bertz CT molecular complexity index is 1410. The highest BCUT2D eigenvalue weighted by Gasteiger charge is 2.30. The topological polar surface area (TPSA) is 102 Å². The van der Waals surface area contributed by atoms with Crippen LogP contribution in [0.15, 0.2) is 85.3 Å². The first-order chi connectivity index (χ1) is 16.0. The molecule has 0 saturated carbocycles. The molecule has 0 bridgehead atoms. The minimum atomic E-state index is -0.465. The summed E-state index contributed by atoms with van der Waals surface area (Å²) in [5, 5.41) is 17.5. The zero-order chi connectivity index (χ0) is 22.9. The van der Waals surface area contributed by atoms with Gasteiger partial charge in [-0.3, -0.25) is 14.9 Å². The normalized spacial score (nSPS) is 13.9. The standard InChI is InChI=1S/C25H19N5O3/c1-29-15-26-14-22(29)16-7-9-18(10-8-16)27-24(17-5-3-2-4-6-17)23-20-13-19(30(32)33)11-12-21(20)28-25(23)31/h2-15,27H,1H3,(H,28,31). The van der Waals surface area contributed by atoms with E-state index in [1.165, 1.54) is 12.1 Å². The van der Waals surface area contributed by atoms with Crippen molar-refractivity contribution in [3.63, 3.8) is 0 Å². The van der Waals surface area contributed by atoms with Crippen molar-refractivity contribution in [1.82, 2.24) is 9.55 Å². The predicted octanol–water partition coefficient (Wildman–Crippen LogP) is 4.93. The number of non-ortho nitro benzene ring substituents is 1. The number of rotatable bonds is 5. The average Bonchev–Trinajstić information content (AvgIpc) is 3.40. The van der Waals surface area contributed by atoms with Gasteiger partial charge in [-0.15, -0.1) is 0 Å². The van der Waals surface area contributed by atoms with Crippen LogP contribution in [0.5, 0.6) is 0 Å². The van der Waals surface area contributed by atoms with E-state index >= 15 is 0 Å². The second kappa shape index (κ2) is 8.08. The summed E-state index contributed by atoms with van der Waals surface area (Å²) >= 11 is 0. The van der Waals surface area contributed by atoms with Gasteiger partial charge < -0.3 is 15.2 Å². The summed E-state index contributed by atoms with van der Waals surface area (Å²) in [5.41, 5.74) is 5.45. The zero-order valence-electron chi connectivity index (χ0n) is 17.6. The maximum absolute atomic E-state index is 13.0. The van der Waals surface area contributed by atoms with Gasteiger partial charge in [0.2, 0.25) is 0 Å². The lowest BCUT2D eigenvalue weighted by Crippen LogP contribution is -2.10. The molecule has 0 spiro atoms. The van der Waals surface area contributed by atoms with Crippen LogP contribution in [0, 0.1) is 10.1 Å². The fourth-order valence-electron chi connectivity index (χ4n) is 3.90. The summed E-state index contributed by atoms with van der Waals surface area (Å²) < 4.78 is 1.94. The third-order valence-corrected chi connectivity index (χ3v) is 5.54. The number of benzene rings is 3. The number of imidazole rings is 1. The molecule has 8 nitrogen and oxygen atoms in total. The number of fused-ring (bicyclic) bond motifs is 1. The molecule has 3 aromatic carbocycles. The first-order valence-corrected chi connectivity index (χ1v) is 10.2. The van der Waals surface area contributed by atoms with Gasteiger partial charge in [0.1, 0.15) is 0 Å². The lowest BCUT2D eigenvalue weighted by molar-refractivity contribution is -0.384. The highest BCUT2D eigenvalue weighted by molar-refractivity contribution is 6.37. The molecule has 1 amide bonds. The SMILES string of the molecule is Cn1cncc1-c1ccc(NC(=C2C(=O)Nc3ccc([N+](=O)[O-])cc32)c2ccccc2)cc1. The average molecular weight is 437 g/mol. The maximum Gasteiger partial charge on any atom is 0.270 e. The van der Waals surface area contributed by atoms with E-state index in [1.54, 1.807) is 18.6 Å². The van der Waals surface area contributed by atoms with Crippen molar-refractivity contribution in [2.24, 2.45) is 7.05 Å². The smallest absolute Gasteiger partial charge is 0.270 e. The Kier molecular flexibility index (Phi) is 4.95. The van der Waals surface area contributed by atoms with Gasteiger partial charge in [-0.1, -0.05) is 42.5 Å². The van der Waals surface area contributed by atoms with E-state index in [0.29, 0.717) is 22.5 Å². The Labute approximate surface area is 189 Å². The summed E-state index contributed by atoms with van der Waals surface area (Å²) in [6.07, 6.45) is 3.54. The molecular weight excluding hydrogens is 418 g/mol. The third-order valence-electron chi connectivity index (χ3n) is 5.54. The maximum atomic E-state index is 13.0. The van der Waals surface area contributed by atoms with Gasteiger partial charge in [0, 0.05) is 36.1 Å². The van der Waals surface area contributed by atoms with Crippen LogP contribution >= 0.6 is 0 Å². The number of anilines is 2. The Morgan fingerprint density at radius 2 is 1.82 bits per heavy atom. The lowest BCUT2D eigenvalue weighted by Gasteiger charge is -2.15. The largest absolute Gasteiger partial charge is 0.354 e. The third kappa shape index (κ3) is 3.74. The Balaban J connectivity index is 1.61. The molecule has 1 aromatic heterocycles. The molecule has 0 unspecified atom stereocenters. The van der Waals surface area contributed by atoms with E-state index in [-0.39, 0.29) is 11.6 Å². The number of carbonyl (C=O) groups is 1. The van der Waals surface area contributed by atoms with Gasteiger partial charge in [-0.2, -0.15) is 0 Å². The van der Waals surface area contributed by atoms with Crippen LogP contribution in [-0.2, 0) is 11.8 Å². The van der Waals surface area contributed by atoms with E-state index < -0.39 is 4.92 Å². The summed E-state index contributed by atoms with van der Waals surface area (Å²) in [6.45, 7) is 0. The van der Waals surface area contributed by atoms with Gasteiger partial charge in [0.15, 0.2) is 0 Å². The number of amides is 1. The van der Waals surface area contributed by atoms with Crippen molar-refractivity contribution < 1.29 is 9.72 Å². The fraction of sp³-hybridized carbons (Fsp3) is 0.0400. The summed E-state index contributed by atoms with van der Waals surface area (Å²) in [4.78, 5) is 28.0. The van der Waals surface area contributed by atoms with Crippen molar-refractivity contribution in [2.75, 3.05) is 10.6 Å². The first kappa shape index (κ1) is 20.2. The van der Waals surface area contributed by atoms with Gasteiger partial charge in [-0.25, -0.2) is 4.98 Å². The molecule has 0 fully saturated rings. The molecule has 8 heteroatoms. The van der Waals surface area contributed by atoms with Crippen molar-refractivity contribution >= 4 is 34.2 Å². The summed E-state index contributed by atoms with van der Waals surface area (Å²) in [7, 11) is 1.93. The zero-order valence-corrected chi connectivity index (χ0v) is 17.6. The molecule has 2 heterocycles. The van der Waals surface area contributed by atoms with Crippen LogP contribution in [0.1, 0.15) is 11.1 Å². The molecule has 4 aromatic rings. The molecule has 2 N–H and O–H groups in total. The van der Waals surface area contributed by atoms with Gasteiger partial charge >= 0.3 is 0 Å². The molecule has 0 atom stereocenters. The Hall–Kier alpha value is -4.72. The number of aryl methyl sites for hydroxylation is 1. The highest BCUT2D eigenvalue weighted by Crippen LogP contribution is 2.39. The molecular formula is C25H19N5O3. The number of aromatic nitrogens is 2. The minimum Gasteiger partial charge on any atom is -0.354 e. The van der Waals surface area contributed by atoms with Crippen LogP contribution in [0.25, 0.3) is 22.5 Å². The number of nitro benzene ring substituents is 1. The molecule has 1 aliphatic rings. The monoisotopic (exact) mass is 437 g/mol. The van der Waals surface area contributed by atoms with E-state index in [0.717, 1.165) is 22.5 Å². The second-order valence-corrected chi connectivity index (χ2v) is 7.65. The molecule has 0 radical (unpaired) electrons. The summed E-state index contributed by atoms with van der Waals surface area (Å²) in [5.74, 6) is -0.316. The van der Waals surface area contributed by atoms with Gasteiger partial charge in [0.25, 0.3) is 11.6 Å². The van der Waals surface area contributed by atoms with Crippen LogP contribution < -0.4 is 10.6 Å². The molecule has 5 rings (SSSR count). The van der Waals surface area contributed by atoms with Crippen molar-refractivity contribution in [2.45, 2.75) is 0 Å². The molecule has 33 heavy (non-hydrogen) atoms. The quantitative estimate of drug-likeness (QED) is 0.262. The lowest BCUT2D eigenvalue weighted by atomic mass is 9.99. The predicted molar refractivity (Wildman–Crippen MR) is 127 cm³/mol. The second-order valence-electron chi connectivity index (χ2n) is 7.65. The van der Waals surface area contributed by atoms with Crippen LogP contribution in [0.3, 0.4) is 0 Å². The van der Waals surface area contributed by atoms with Crippen molar-refractivity contribution in [3.05, 3.63) is 107 Å². The molecule has 0 aliphatic carbocycles. The number of nitrogens with one attached hydrogen (secondary N) is 2. The highest BCUT2D eigenvalue weighted by atomic mass is 16.6. The van der Waals surface area contributed by atoms with Crippen molar-refractivity contribution in [1.29, 1.82) is 0 Å². The minimum absolute atomic E-state index is 0.0734. The molecule has 0 saturated heterocycles.